The molecular weight excluding hydrogens is 450 g/mol. The molecule has 0 radical (unpaired) electrons. The molecule has 2 aromatic rings. The van der Waals surface area contributed by atoms with Crippen LogP contribution in [0.3, 0.4) is 0 Å². The third-order valence-corrected chi connectivity index (χ3v) is 6.07. The molecule has 0 saturated heterocycles. The minimum absolute atomic E-state index is 0.182. The fourth-order valence-corrected chi connectivity index (χ4v) is 4.10. The first-order valence-electron chi connectivity index (χ1n) is 7.93. The highest BCUT2D eigenvalue weighted by Gasteiger charge is 2.26. The summed E-state index contributed by atoms with van der Waals surface area (Å²) in [6.45, 7) is 3.70. The third-order valence-electron chi connectivity index (χ3n) is 3.78. The lowest BCUT2D eigenvalue weighted by Crippen LogP contribution is -2.21. The van der Waals surface area contributed by atoms with Crippen LogP contribution in [0.5, 0.6) is 0 Å². The maximum atomic E-state index is 12.4. The van der Waals surface area contributed by atoms with Crippen LogP contribution in [0.25, 0.3) is 0 Å². The molecule has 0 unspecified atom stereocenters. The third kappa shape index (κ3) is 4.85. The first kappa shape index (κ1) is 21.3. The Balaban J connectivity index is 2.31. The predicted molar refractivity (Wildman–Crippen MR) is 117 cm³/mol. The Morgan fingerprint density at radius 1 is 1.22 bits per heavy atom. The number of thiocarbonyl (C=S) groups is 1. The summed E-state index contributed by atoms with van der Waals surface area (Å²) in [6, 6.07) is 5.75. The van der Waals surface area contributed by atoms with Gasteiger partial charge in [0.05, 0.1) is 17.6 Å². The van der Waals surface area contributed by atoms with E-state index >= 15 is 0 Å². The quantitative estimate of drug-likeness (QED) is 0.509. The minimum atomic E-state index is -0.522. The van der Waals surface area contributed by atoms with Crippen LogP contribution in [0.15, 0.2) is 22.7 Å². The van der Waals surface area contributed by atoms with Gasteiger partial charge < -0.3 is 20.3 Å². The number of halogens is 1. The van der Waals surface area contributed by atoms with Gasteiger partial charge in [-0.15, -0.1) is 11.3 Å². The number of ether oxygens (including phenoxy) is 1. The van der Waals surface area contributed by atoms with Crippen molar-refractivity contribution in [1.82, 2.24) is 4.90 Å². The van der Waals surface area contributed by atoms with E-state index in [9.17, 15) is 9.59 Å². The van der Waals surface area contributed by atoms with Gasteiger partial charge in [0, 0.05) is 24.3 Å². The lowest BCUT2D eigenvalue weighted by molar-refractivity contribution is 0.0601. The number of methoxy groups -OCH3 is 1. The van der Waals surface area contributed by atoms with Crippen LogP contribution in [0.2, 0.25) is 0 Å². The molecule has 27 heavy (non-hydrogen) atoms. The summed E-state index contributed by atoms with van der Waals surface area (Å²) in [7, 11) is 4.63. The van der Waals surface area contributed by atoms with Crippen molar-refractivity contribution in [2.75, 3.05) is 31.8 Å². The fraction of sp³-hybridized carbons (Fsp3) is 0.278. The van der Waals surface area contributed by atoms with E-state index in [1.807, 2.05) is 25.1 Å². The molecule has 9 heteroatoms. The van der Waals surface area contributed by atoms with Crippen LogP contribution >= 0.6 is 39.5 Å². The molecule has 0 aliphatic carbocycles. The van der Waals surface area contributed by atoms with Gasteiger partial charge in [-0.05, 0) is 55.4 Å². The van der Waals surface area contributed by atoms with Crippen LogP contribution in [-0.2, 0) is 4.74 Å². The number of nitrogens with zero attached hydrogens (tertiary/aromatic N) is 1. The number of thiophene rings is 1. The van der Waals surface area contributed by atoms with Crippen LogP contribution in [0.1, 0.15) is 31.2 Å². The molecule has 2 N–H and O–H groups in total. The number of hydrogen-bond acceptors (Lipinski definition) is 5. The lowest BCUT2D eigenvalue weighted by atomic mass is 10.1. The molecule has 0 fully saturated rings. The molecule has 1 aromatic heterocycles. The Bertz CT molecular complexity index is 909. The van der Waals surface area contributed by atoms with Crippen molar-refractivity contribution in [2.45, 2.75) is 13.8 Å². The summed E-state index contributed by atoms with van der Waals surface area (Å²) in [6.07, 6.45) is 0. The summed E-state index contributed by atoms with van der Waals surface area (Å²) in [4.78, 5) is 26.6. The summed E-state index contributed by atoms with van der Waals surface area (Å²) >= 11 is 10.0. The number of carbonyl (C=O) groups excluding carboxylic acids is 2. The van der Waals surface area contributed by atoms with Crippen molar-refractivity contribution >= 4 is 67.2 Å². The average molecular weight is 470 g/mol. The summed E-state index contributed by atoms with van der Waals surface area (Å²) in [5.41, 5.74) is 2.74. The van der Waals surface area contributed by atoms with Crippen LogP contribution in [0.4, 0.5) is 10.7 Å². The first-order valence-corrected chi connectivity index (χ1v) is 9.95. The second kappa shape index (κ2) is 8.81. The number of hydrogen-bond donors (Lipinski definition) is 2. The van der Waals surface area contributed by atoms with Gasteiger partial charge in [-0.2, -0.15) is 0 Å². The average Bonchev–Trinajstić information content (AvgIpc) is 2.92. The van der Waals surface area contributed by atoms with Gasteiger partial charge in [0.15, 0.2) is 5.11 Å². The molecule has 144 valence electrons. The van der Waals surface area contributed by atoms with Crippen molar-refractivity contribution in [1.29, 1.82) is 0 Å². The Morgan fingerprint density at radius 2 is 1.89 bits per heavy atom. The molecule has 0 saturated carbocycles. The van der Waals surface area contributed by atoms with Crippen molar-refractivity contribution in [2.24, 2.45) is 0 Å². The maximum Gasteiger partial charge on any atom is 0.341 e. The second-order valence-electron chi connectivity index (χ2n) is 5.99. The van der Waals surface area contributed by atoms with E-state index in [0.717, 1.165) is 15.7 Å². The van der Waals surface area contributed by atoms with E-state index in [2.05, 4.69) is 26.6 Å². The number of amides is 1. The fourth-order valence-electron chi connectivity index (χ4n) is 2.34. The summed E-state index contributed by atoms with van der Waals surface area (Å²) in [5.74, 6) is -0.704. The molecule has 0 bridgehead atoms. The smallest absolute Gasteiger partial charge is 0.341 e. The Labute approximate surface area is 176 Å². The standard InChI is InChI=1S/C18H20BrN3O3S2/c1-9-8-11(6-7-12(9)19)20-18(26)21-15-13(17(24)25-5)10(2)14(27-15)16(23)22(3)4/h6-8H,1-5H3,(H2,20,21,26). The molecule has 1 amide bonds. The van der Waals surface area contributed by atoms with E-state index in [4.69, 9.17) is 17.0 Å². The normalized spacial score (nSPS) is 10.3. The molecule has 1 heterocycles. The van der Waals surface area contributed by atoms with E-state index in [1.165, 1.54) is 23.3 Å². The number of nitrogens with one attached hydrogen (secondary N) is 2. The van der Waals surface area contributed by atoms with Crippen molar-refractivity contribution < 1.29 is 14.3 Å². The number of esters is 1. The maximum absolute atomic E-state index is 12.4. The largest absolute Gasteiger partial charge is 0.465 e. The van der Waals surface area contributed by atoms with Crippen LogP contribution in [0, 0.1) is 13.8 Å². The van der Waals surface area contributed by atoms with Gasteiger partial charge in [0.1, 0.15) is 5.00 Å². The van der Waals surface area contributed by atoms with Gasteiger partial charge in [-0.3, -0.25) is 4.79 Å². The van der Waals surface area contributed by atoms with Gasteiger partial charge >= 0.3 is 5.97 Å². The Hall–Kier alpha value is -1.97. The highest BCUT2D eigenvalue weighted by Crippen LogP contribution is 2.34. The topological polar surface area (TPSA) is 70.7 Å². The Morgan fingerprint density at radius 3 is 2.44 bits per heavy atom. The number of aryl methyl sites for hydroxylation is 1. The molecule has 2 rings (SSSR count). The molecule has 0 aliphatic rings. The monoisotopic (exact) mass is 469 g/mol. The SMILES string of the molecule is COC(=O)c1c(NC(=S)Nc2ccc(Br)c(C)c2)sc(C(=O)N(C)C)c1C. The summed E-state index contributed by atoms with van der Waals surface area (Å²) in [5, 5.41) is 6.88. The second-order valence-corrected chi connectivity index (χ2v) is 8.28. The zero-order valence-corrected chi connectivity index (χ0v) is 18.8. The Kier molecular flexibility index (Phi) is 6.96. The van der Waals surface area contributed by atoms with E-state index < -0.39 is 5.97 Å². The van der Waals surface area contributed by atoms with E-state index in [0.29, 0.717) is 26.1 Å². The van der Waals surface area contributed by atoms with Crippen LogP contribution in [-0.4, -0.2) is 43.1 Å². The van der Waals surface area contributed by atoms with Gasteiger partial charge in [-0.25, -0.2) is 4.79 Å². The number of benzene rings is 1. The highest BCUT2D eigenvalue weighted by molar-refractivity contribution is 9.10. The van der Waals surface area contributed by atoms with Crippen molar-refractivity contribution in [3.8, 4) is 0 Å². The van der Waals surface area contributed by atoms with Gasteiger partial charge in [0.2, 0.25) is 0 Å². The summed E-state index contributed by atoms with van der Waals surface area (Å²) < 4.78 is 5.87. The number of carbonyl (C=O) groups is 2. The molecule has 0 atom stereocenters. The van der Waals surface area contributed by atoms with Gasteiger partial charge in [0.25, 0.3) is 5.91 Å². The zero-order valence-electron chi connectivity index (χ0n) is 15.6. The molecular formula is C18H20BrN3O3S2. The number of rotatable bonds is 4. The van der Waals surface area contributed by atoms with Crippen molar-refractivity contribution in [3.05, 3.63) is 44.2 Å². The number of anilines is 2. The van der Waals surface area contributed by atoms with E-state index in [1.54, 1.807) is 21.0 Å². The van der Waals surface area contributed by atoms with Gasteiger partial charge in [-0.1, -0.05) is 15.9 Å². The minimum Gasteiger partial charge on any atom is -0.465 e. The first-order chi connectivity index (χ1) is 12.6. The molecule has 1 aromatic carbocycles. The van der Waals surface area contributed by atoms with Crippen molar-refractivity contribution in [3.63, 3.8) is 0 Å². The molecule has 6 nitrogen and oxygen atoms in total. The molecule has 0 spiro atoms. The highest BCUT2D eigenvalue weighted by atomic mass is 79.9. The van der Waals surface area contributed by atoms with E-state index in [-0.39, 0.29) is 5.91 Å². The lowest BCUT2D eigenvalue weighted by Gasteiger charge is -2.11. The molecule has 0 aliphatic heterocycles. The van der Waals surface area contributed by atoms with Crippen LogP contribution < -0.4 is 10.6 Å². The predicted octanol–water partition coefficient (Wildman–Crippen LogP) is 4.42. The zero-order chi connectivity index (χ0) is 20.3.